The number of ether oxygens (including phenoxy) is 2. The molecule has 1 fully saturated rings. The maximum absolute atomic E-state index is 13.2. The maximum Gasteiger partial charge on any atom is 0.270 e. The average Bonchev–Trinajstić information content (AvgIpc) is 2.68. The normalized spacial score (nSPS) is 15.4. The zero-order chi connectivity index (χ0) is 22.0. The van der Waals surface area contributed by atoms with E-state index in [4.69, 9.17) is 44.9 Å². The molecular formula is C20H15Cl2IN2O4S. The van der Waals surface area contributed by atoms with Gasteiger partial charge in [0, 0.05) is 5.02 Å². The molecule has 0 radical (unpaired) electrons. The Hall–Kier alpha value is -1.88. The van der Waals surface area contributed by atoms with Gasteiger partial charge in [0.05, 0.1) is 28.0 Å². The van der Waals surface area contributed by atoms with E-state index in [1.54, 1.807) is 24.3 Å². The summed E-state index contributed by atoms with van der Waals surface area (Å²) in [6.07, 6.45) is 1.47. The highest BCUT2D eigenvalue weighted by Gasteiger charge is 2.35. The number of carbonyl (C=O) groups is 2. The Labute approximate surface area is 202 Å². The van der Waals surface area contributed by atoms with E-state index in [9.17, 15) is 9.59 Å². The van der Waals surface area contributed by atoms with E-state index in [1.807, 2.05) is 6.92 Å². The zero-order valence-electron chi connectivity index (χ0n) is 15.8. The topological polar surface area (TPSA) is 67.9 Å². The van der Waals surface area contributed by atoms with Gasteiger partial charge in [-0.25, -0.2) is 0 Å². The minimum atomic E-state index is -0.603. The summed E-state index contributed by atoms with van der Waals surface area (Å²) in [4.78, 5) is 26.8. The molecule has 0 aromatic heterocycles. The van der Waals surface area contributed by atoms with Crippen molar-refractivity contribution >= 4 is 86.7 Å². The Bertz CT molecular complexity index is 1090. The fourth-order valence-electron chi connectivity index (χ4n) is 2.81. The molecule has 2 aromatic carbocycles. The van der Waals surface area contributed by atoms with E-state index in [0.717, 1.165) is 8.47 Å². The number of methoxy groups -OCH3 is 1. The molecule has 6 nitrogen and oxygen atoms in total. The van der Waals surface area contributed by atoms with Gasteiger partial charge in [0.25, 0.3) is 11.8 Å². The fraction of sp³-hybridized carbons (Fsp3) is 0.150. The number of benzene rings is 2. The summed E-state index contributed by atoms with van der Waals surface area (Å²) in [5.74, 6) is -0.115. The molecule has 0 unspecified atom stereocenters. The SMILES string of the molecule is CCOc1c(I)cc(/C=C2\C(=O)NC(=S)N(c3ccc(Cl)cc3Cl)C2=O)cc1OC. The molecule has 0 bridgehead atoms. The number of anilines is 1. The maximum atomic E-state index is 13.2. The van der Waals surface area contributed by atoms with Crippen LogP contribution in [0.2, 0.25) is 10.0 Å². The molecule has 1 heterocycles. The third-order valence-corrected chi connectivity index (χ3v) is 5.73. The van der Waals surface area contributed by atoms with Crippen LogP contribution in [-0.4, -0.2) is 30.6 Å². The van der Waals surface area contributed by atoms with Crippen molar-refractivity contribution in [3.63, 3.8) is 0 Å². The van der Waals surface area contributed by atoms with Gasteiger partial charge in [-0.05, 0) is 83.7 Å². The number of halogens is 3. The van der Waals surface area contributed by atoms with E-state index in [0.29, 0.717) is 34.4 Å². The van der Waals surface area contributed by atoms with Gasteiger partial charge in [-0.1, -0.05) is 23.2 Å². The molecule has 1 saturated heterocycles. The number of hydrogen-bond donors (Lipinski definition) is 1. The quantitative estimate of drug-likeness (QED) is 0.239. The van der Waals surface area contributed by atoms with E-state index in [2.05, 4.69) is 27.9 Å². The van der Waals surface area contributed by atoms with Gasteiger partial charge in [0.15, 0.2) is 16.6 Å². The van der Waals surface area contributed by atoms with Crippen LogP contribution >= 0.6 is 58.0 Å². The van der Waals surface area contributed by atoms with Gasteiger partial charge in [-0.2, -0.15) is 0 Å². The second-order valence-corrected chi connectivity index (χ2v) is 8.41. The van der Waals surface area contributed by atoms with Gasteiger partial charge in [-0.15, -0.1) is 0 Å². The van der Waals surface area contributed by atoms with E-state index < -0.39 is 11.8 Å². The van der Waals surface area contributed by atoms with Crippen LogP contribution in [0.5, 0.6) is 11.5 Å². The van der Waals surface area contributed by atoms with Crippen LogP contribution in [0.4, 0.5) is 5.69 Å². The Balaban J connectivity index is 2.06. The minimum absolute atomic E-state index is 0.0646. The summed E-state index contributed by atoms with van der Waals surface area (Å²) in [6, 6.07) is 8.11. The first-order chi connectivity index (χ1) is 14.3. The average molecular weight is 577 g/mol. The van der Waals surface area contributed by atoms with Crippen molar-refractivity contribution in [2.75, 3.05) is 18.6 Å². The summed E-state index contributed by atoms with van der Waals surface area (Å²) in [6.45, 7) is 2.34. The Kier molecular flexibility index (Phi) is 7.22. The molecule has 0 aliphatic carbocycles. The lowest BCUT2D eigenvalue weighted by molar-refractivity contribution is -0.122. The molecular weight excluding hydrogens is 562 g/mol. The fourth-order valence-corrected chi connectivity index (χ4v) is 4.36. The number of hydrogen-bond acceptors (Lipinski definition) is 5. The van der Waals surface area contributed by atoms with Gasteiger partial charge < -0.3 is 9.47 Å². The van der Waals surface area contributed by atoms with E-state index in [-0.39, 0.29) is 15.7 Å². The molecule has 3 rings (SSSR count). The number of amides is 2. The number of carbonyl (C=O) groups excluding carboxylic acids is 2. The van der Waals surface area contributed by atoms with Crippen LogP contribution in [0, 0.1) is 3.57 Å². The lowest BCUT2D eigenvalue weighted by Gasteiger charge is -2.29. The lowest BCUT2D eigenvalue weighted by Crippen LogP contribution is -2.54. The van der Waals surface area contributed by atoms with Crippen molar-refractivity contribution in [3.8, 4) is 11.5 Å². The van der Waals surface area contributed by atoms with Crippen LogP contribution in [0.25, 0.3) is 6.08 Å². The zero-order valence-corrected chi connectivity index (χ0v) is 20.3. The van der Waals surface area contributed by atoms with Crippen molar-refractivity contribution in [1.82, 2.24) is 5.32 Å². The Morgan fingerprint density at radius 3 is 2.60 bits per heavy atom. The van der Waals surface area contributed by atoms with E-state index >= 15 is 0 Å². The number of rotatable bonds is 5. The first-order valence-electron chi connectivity index (χ1n) is 8.63. The molecule has 30 heavy (non-hydrogen) atoms. The number of nitrogens with one attached hydrogen (secondary N) is 1. The minimum Gasteiger partial charge on any atom is -0.493 e. The van der Waals surface area contributed by atoms with Crippen molar-refractivity contribution in [2.24, 2.45) is 0 Å². The van der Waals surface area contributed by atoms with Crippen LogP contribution < -0.4 is 19.7 Å². The standard InChI is InChI=1S/C20H15Cl2IN2O4S/c1-3-29-17-14(23)7-10(8-16(17)28-2)6-12-18(26)24-20(30)25(19(12)27)15-5-4-11(21)9-13(15)22/h4-9H,3H2,1-2H3,(H,24,26,30)/b12-6+. The van der Waals surface area contributed by atoms with Crippen molar-refractivity contribution in [3.05, 3.63) is 55.1 Å². The second-order valence-electron chi connectivity index (χ2n) is 6.02. The predicted molar refractivity (Wildman–Crippen MR) is 130 cm³/mol. The summed E-state index contributed by atoms with van der Waals surface area (Å²) >= 11 is 19.5. The molecule has 1 N–H and O–H groups in total. The van der Waals surface area contributed by atoms with Crippen molar-refractivity contribution in [2.45, 2.75) is 6.92 Å². The first kappa shape index (κ1) is 22.8. The lowest BCUT2D eigenvalue weighted by atomic mass is 10.1. The number of nitrogens with zero attached hydrogens (tertiary/aromatic N) is 1. The summed E-state index contributed by atoms with van der Waals surface area (Å²) in [5.41, 5.74) is 0.811. The highest BCUT2D eigenvalue weighted by atomic mass is 127. The van der Waals surface area contributed by atoms with Crippen LogP contribution in [0.3, 0.4) is 0 Å². The summed E-state index contributed by atoms with van der Waals surface area (Å²) < 4.78 is 11.8. The number of thiocarbonyl (C=S) groups is 1. The third-order valence-electron chi connectivity index (χ3n) is 4.10. The predicted octanol–water partition coefficient (Wildman–Crippen LogP) is 4.84. The van der Waals surface area contributed by atoms with Gasteiger partial charge in [0.1, 0.15) is 5.57 Å². The molecule has 1 aliphatic rings. The van der Waals surface area contributed by atoms with Crippen molar-refractivity contribution in [1.29, 1.82) is 0 Å². The molecule has 0 saturated carbocycles. The largest absolute Gasteiger partial charge is 0.493 e. The monoisotopic (exact) mass is 576 g/mol. The van der Waals surface area contributed by atoms with Crippen molar-refractivity contribution < 1.29 is 19.1 Å². The van der Waals surface area contributed by atoms with Crippen LogP contribution in [0.1, 0.15) is 12.5 Å². The smallest absolute Gasteiger partial charge is 0.270 e. The second kappa shape index (κ2) is 9.51. The highest BCUT2D eigenvalue weighted by molar-refractivity contribution is 14.1. The van der Waals surface area contributed by atoms with E-state index in [1.165, 1.54) is 19.3 Å². The molecule has 0 atom stereocenters. The highest BCUT2D eigenvalue weighted by Crippen LogP contribution is 2.35. The van der Waals surface area contributed by atoms with Gasteiger partial charge in [0.2, 0.25) is 0 Å². The molecule has 0 spiro atoms. The van der Waals surface area contributed by atoms with Gasteiger partial charge in [-0.3, -0.25) is 19.8 Å². The molecule has 2 amide bonds. The van der Waals surface area contributed by atoms with Crippen LogP contribution in [-0.2, 0) is 9.59 Å². The van der Waals surface area contributed by atoms with Crippen LogP contribution in [0.15, 0.2) is 35.9 Å². The third kappa shape index (κ3) is 4.56. The molecule has 10 heteroatoms. The molecule has 2 aromatic rings. The Morgan fingerprint density at radius 1 is 1.23 bits per heavy atom. The van der Waals surface area contributed by atoms with Gasteiger partial charge >= 0.3 is 0 Å². The summed E-state index contributed by atoms with van der Waals surface area (Å²) in [7, 11) is 1.52. The first-order valence-corrected chi connectivity index (χ1v) is 10.9. The molecule has 1 aliphatic heterocycles. The Morgan fingerprint density at radius 2 is 1.97 bits per heavy atom. The molecule has 156 valence electrons. The summed E-state index contributed by atoms with van der Waals surface area (Å²) in [5, 5.41) is 3.10.